The Bertz CT molecular complexity index is 1560. The number of nitrogens with one attached hydrogen (secondary N) is 4. The zero-order chi connectivity index (χ0) is 35.6. The minimum absolute atomic E-state index is 0.106. The van der Waals surface area contributed by atoms with Crippen molar-refractivity contribution < 1.29 is 14.1 Å². The number of amides is 2. The van der Waals surface area contributed by atoms with E-state index in [-0.39, 0.29) is 17.9 Å². The molecule has 2 atom stereocenters. The van der Waals surface area contributed by atoms with Crippen molar-refractivity contribution in [3.8, 4) is 0 Å². The van der Waals surface area contributed by atoms with Gasteiger partial charge in [-0.2, -0.15) is 0 Å². The Balaban J connectivity index is 1.23. The molecule has 274 valence electrons. The Kier molecular flexibility index (Phi) is 16.4. The number of aromatic amines is 2. The number of likely N-dealkylation sites (N-methyl/N-ethyl adjacent to an activating group) is 1. The van der Waals surface area contributed by atoms with Crippen LogP contribution in [0, 0.1) is 0 Å². The summed E-state index contributed by atoms with van der Waals surface area (Å²) in [5.74, 6) is -0.220. The van der Waals surface area contributed by atoms with E-state index >= 15 is 0 Å². The molecule has 7 nitrogen and oxygen atoms in total. The molecule has 4 rings (SSSR count). The number of rotatable bonds is 25. The van der Waals surface area contributed by atoms with Crippen molar-refractivity contribution >= 4 is 33.6 Å². The Labute approximate surface area is 302 Å². The van der Waals surface area contributed by atoms with Crippen molar-refractivity contribution in [2.75, 3.05) is 27.7 Å². The van der Waals surface area contributed by atoms with Gasteiger partial charge in [0.05, 0.1) is 21.1 Å². The summed E-state index contributed by atoms with van der Waals surface area (Å²) in [6.45, 7) is 2.91. The van der Waals surface area contributed by atoms with Crippen LogP contribution in [0.25, 0.3) is 21.8 Å². The van der Waals surface area contributed by atoms with E-state index in [0.717, 1.165) is 45.8 Å². The molecule has 4 N–H and O–H groups in total. The molecule has 0 aliphatic heterocycles. The van der Waals surface area contributed by atoms with Crippen LogP contribution in [-0.2, 0) is 22.4 Å². The maximum absolute atomic E-state index is 14.1. The van der Waals surface area contributed by atoms with Crippen molar-refractivity contribution in [1.29, 1.82) is 0 Å². The number of hydrogen-bond donors (Lipinski definition) is 4. The summed E-state index contributed by atoms with van der Waals surface area (Å²) in [6.07, 6.45) is 26.1. The number of para-hydroxylation sites is 2. The van der Waals surface area contributed by atoms with Crippen molar-refractivity contribution in [3.05, 3.63) is 72.1 Å². The smallest absolute Gasteiger partial charge is 0.279 e. The van der Waals surface area contributed by atoms with Gasteiger partial charge in [-0.15, -0.1) is 0 Å². The van der Waals surface area contributed by atoms with Crippen LogP contribution >= 0.6 is 0 Å². The van der Waals surface area contributed by atoms with Crippen LogP contribution in [0.1, 0.15) is 121 Å². The summed E-state index contributed by atoms with van der Waals surface area (Å²) < 4.78 is 0.450. The van der Waals surface area contributed by atoms with Gasteiger partial charge in [-0.1, -0.05) is 140 Å². The Morgan fingerprint density at radius 3 is 1.52 bits per heavy atom. The molecule has 2 aromatic heterocycles. The first-order valence-electron chi connectivity index (χ1n) is 19.8. The molecule has 50 heavy (non-hydrogen) atoms. The second kappa shape index (κ2) is 20.9. The Hall–Kier alpha value is -3.58. The van der Waals surface area contributed by atoms with Crippen molar-refractivity contribution in [2.24, 2.45) is 0 Å². The monoisotopic (exact) mass is 685 g/mol. The predicted molar refractivity (Wildman–Crippen MR) is 210 cm³/mol. The van der Waals surface area contributed by atoms with Gasteiger partial charge >= 0.3 is 0 Å². The third-order valence-corrected chi connectivity index (χ3v) is 10.4. The van der Waals surface area contributed by atoms with Gasteiger partial charge in [0.15, 0.2) is 6.04 Å². The lowest BCUT2D eigenvalue weighted by molar-refractivity contribution is -0.886. The first kappa shape index (κ1) is 39.2. The van der Waals surface area contributed by atoms with E-state index < -0.39 is 6.04 Å². The molecule has 0 spiro atoms. The topological polar surface area (TPSA) is 89.8 Å². The van der Waals surface area contributed by atoms with Crippen molar-refractivity contribution in [1.82, 2.24) is 20.6 Å². The number of unbranched alkanes of at least 4 members (excludes halogenated alkanes) is 15. The average Bonchev–Trinajstić information content (AvgIpc) is 3.71. The third-order valence-electron chi connectivity index (χ3n) is 10.4. The molecule has 0 bridgehead atoms. The minimum Gasteiger partial charge on any atom is -0.361 e. The average molecular weight is 685 g/mol. The number of H-pyrrole nitrogens is 2. The summed E-state index contributed by atoms with van der Waals surface area (Å²) in [6, 6.07) is 15.3. The zero-order valence-electron chi connectivity index (χ0n) is 31.6. The molecular weight excluding hydrogens is 619 g/mol. The minimum atomic E-state index is -0.667. The normalized spacial score (nSPS) is 13.1. The fraction of sp³-hybridized carbons (Fsp3) is 0.581. The molecule has 0 aliphatic rings. The lowest BCUT2D eigenvalue weighted by Crippen LogP contribution is -2.59. The number of nitrogens with zero attached hydrogens (tertiary/aromatic N) is 1. The molecule has 0 aliphatic carbocycles. The van der Waals surface area contributed by atoms with Gasteiger partial charge in [-0.3, -0.25) is 9.59 Å². The zero-order valence-corrected chi connectivity index (χ0v) is 31.6. The van der Waals surface area contributed by atoms with Crippen LogP contribution in [0.4, 0.5) is 0 Å². The number of carbonyl (C=O) groups is 2. The third kappa shape index (κ3) is 12.6. The highest BCUT2D eigenvalue weighted by Gasteiger charge is 2.35. The van der Waals surface area contributed by atoms with Gasteiger partial charge in [-0.25, -0.2) is 0 Å². The first-order valence-corrected chi connectivity index (χ1v) is 19.8. The molecule has 7 heteroatoms. The Morgan fingerprint density at radius 1 is 0.600 bits per heavy atom. The van der Waals surface area contributed by atoms with Crippen LogP contribution in [0.15, 0.2) is 60.9 Å². The number of benzene rings is 2. The fourth-order valence-corrected chi connectivity index (χ4v) is 7.23. The second-order valence-electron chi connectivity index (χ2n) is 15.4. The summed E-state index contributed by atoms with van der Waals surface area (Å²) >= 11 is 0. The number of fused-ring (bicyclic) bond motifs is 2. The van der Waals surface area contributed by atoms with E-state index in [1.54, 1.807) is 0 Å². The quantitative estimate of drug-likeness (QED) is 0.0414. The molecule has 2 amide bonds. The molecule has 0 saturated heterocycles. The lowest BCUT2D eigenvalue weighted by atomic mass is 10.00. The van der Waals surface area contributed by atoms with Crippen molar-refractivity contribution in [3.63, 3.8) is 0 Å². The van der Waals surface area contributed by atoms with Gasteiger partial charge in [0.1, 0.15) is 6.04 Å². The molecular formula is C43H66N5O2+. The summed E-state index contributed by atoms with van der Waals surface area (Å²) in [7, 11) is 6.14. The molecule has 0 fully saturated rings. The standard InChI is InChI=1S/C43H65N5O2/c1-5-6-7-8-9-10-11-12-13-14-15-16-17-18-19-24-29-44-42(49)40(30-34-32-45-38-27-22-20-25-36(34)38)47-43(50)41(48(2,3)4)31-35-33-46-39-28-23-21-26-37(35)39/h20-23,25-28,32-33,40-41,45-46H,5-19,24,29-31H2,1-4H3,(H-,44,47,49,50)/p+1/t40-,41-/m0/s1. The van der Waals surface area contributed by atoms with Gasteiger partial charge in [-0.05, 0) is 29.7 Å². The van der Waals surface area contributed by atoms with Crippen molar-refractivity contribution in [2.45, 2.75) is 135 Å². The SMILES string of the molecule is CCCCCCCCCCCCCCCCCCNC(=O)[C@H](Cc1c[nH]c2ccccc12)NC(=O)[C@H](Cc1c[nH]c2ccccc12)[N+](C)(C)C. The largest absolute Gasteiger partial charge is 0.361 e. The van der Waals surface area contributed by atoms with Crippen LogP contribution in [0.2, 0.25) is 0 Å². The molecule has 0 radical (unpaired) electrons. The van der Waals surface area contributed by atoms with Crippen LogP contribution < -0.4 is 10.6 Å². The van der Waals surface area contributed by atoms with Gasteiger partial charge in [0.25, 0.3) is 5.91 Å². The van der Waals surface area contributed by atoms with E-state index in [1.807, 2.05) is 63.9 Å². The van der Waals surface area contributed by atoms with Gasteiger partial charge in [0.2, 0.25) is 5.91 Å². The van der Waals surface area contributed by atoms with Gasteiger partial charge in [0, 0.05) is 53.6 Å². The summed E-state index contributed by atoms with van der Waals surface area (Å²) in [4.78, 5) is 34.5. The summed E-state index contributed by atoms with van der Waals surface area (Å²) in [5.41, 5.74) is 4.23. The molecule has 2 heterocycles. The molecule has 0 saturated carbocycles. The maximum Gasteiger partial charge on any atom is 0.279 e. The van der Waals surface area contributed by atoms with E-state index in [0.29, 0.717) is 23.9 Å². The highest BCUT2D eigenvalue weighted by molar-refractivity contribution is 5.91. The number of aromatic nitrogens is 2. The van der Waals surface area contributed by atoms with Crippen LogP contribution in [0.5, 0.6) is 0 Å². The lowest BCUT2D eigenvalue weighted by Gasteiger charge is -2.34. The van der Waals surface area contributed by atoms with E-state index in [9.17, 15) is 9.59 Å². The predicted octanol–water partition coefficient (Wildman–Crippen LogP) is 9.37. The highest BCUT2D eigenvalue weighted by Crippen LogP contribution is 2.23. The number of quaternary nitrogens is 1. The fourth-order valence-electron chi connectivity index (χ4n) is 7.23. The number of hydrogen-bond acceptors (Lipinski definition) is 2. The molecule has 4 aromatic rings. The van der Waals surface area contributed by atoms with E-state index in [2.05, 4.69) is 45.7 Å². The molecule has 0 unspecified atom stereocenters. The first-order chi connectivity index (χ1) is 24.3. The van der Waals surface area contributed by atoms with Crippen LogP contribution in [0.3, 0.4) is 0 Å². The second-order valence-corrected chi connectivity index (χ2v) is 15.4. The van der Waals surface area contributed by atoms with Gasteiger partial charge < -0.3 is 25.1 Å². The highest BCUT2D eigenvalue weighted by atomic mass is 16.2. The Morgan fingerprint density at radius 2 is 1.04 bits per heavy atom. The van der Waals surface area contributed by atoms with Crippen LogP contribution in [-0.4, -0.2) is 66.0 Å². The number of carbonyl (C=O) groups excluding carboxylic acids is 2. The summed E-state index contributed by atoms with van der Waals surface area (Å²) in [5, 5.41) is 8.59. The van der Waals surface area contributed by atoms with E-state index in [1.165, 1.54) is 89.9 Å². The molecule has 2 aromatic carbocycles. The van der Waals surface area contributed by atoms with E-state index in [4.69, 9.17) is 0 Å². The maximum atomic E-state index is 14.1.